The average Bonchev–Trinajstić information content (AvgIpc) is 2.34. The highest BCUT2D eigenvalue weighted by Gasteiger charge is 2.35. The first-order chi connectivity index (χ1) is 9.64. The van der Waals surface area contributed by atoms with Gasteiger partial charge in [-0.3, -0.25) is 0 Å². The molecule has 2 heteroatoms. The topological polar surface area (TPSA) is 9.23 Å². The summed E-state index contributed by atoms with van der Waals surface area (Å²) in [6, 6.07) is 0. The van der Waals surface area contributed by atoms with Crippen LogP contribution in [0.15, 0.2) is 11.5 Å². The second kappa shape index (κ2) is 9.94. The Bertz CT molecular complexity index is 294. The van der Waals surface area contributed by atoms with Crippen molar-refractivity contribution in [3.63, 3.8) is 0 Å². The molecule has 1 unspecified atom stereocenters. The molecule has 0 aromatic carbocycles. The molecule has 0 radical (unpaired) electrons. The van der Waals surface area contributed by atoms with Gasteiger partial charge < -0.3 is 4.18 Å². The summed E-state index contributed by atoms with van der Waals surface area (Å²) >= 11 is 1.43. The third kappa shape index (κ3) is 9.63. The van der Waals surface area contributed by atoms with Crippen molar-refractivity contribution in [3.8, 4) is 0 Å². The third-order valence-electron chi connectivity index (χ3n) is 4.19. The van der Waals surface area contributed by atoms with E-state index in [1.807, 2.05) is 6.92 Å². The fourth-order valence-corrected chi connectivity index (χ4v) is 3.80. The number of hydrogen-bond acceptors (Lipinski definition) is 2. The second-order valence-corrected chi connectivity index (χ2v) is 8.81. The lowest BCUT2D eigenvalue weighted by Crippen LogP contribution is -2.35. The first kappa shape index (κ1) is 21.0. The zero-order valence-electron chi connectivity index (χ0n) is 15.6. The highest BCUT2D eigenvalue weighted by Crippen LogP contribution is 2.43. The van der Waals surface area contributed by atoms with Crippen molar-refractivity contribution >= 4 is 12.0 Å². The van der Waals surface area contributed by atoms with Crippen LogP contribution in [0.1, 0.15) is 93.4 Å². The summed E-state index contributed by atoms with van der Waals surface area (Å²) in [6.07, 6.45) is 9.11. The van der Waals surface area contributed by atoms with E-state index in [9.17, 15) is 0 Å². The molecule has 126 valence electrons. The first-order valence-corrected chi connectivity index (χ1v) is 9.40. The minimum atomic E-state index is -0.107. The SMILES string of the molecule is C=C(C)SOC(C)(C)CC(C)(C)C(CCC)CCCCC. The molecule has 21 heavy (non-hydrogen) atoms. The molecule has 0 saturated heterocycles. The minimum absolute atomic E-state index is 0.107. The smallest absolute Gasteiger partial charge is 0.0782 e. The standard InChI is InChI=1S/C19H38OS/c1-9-11-12-14-17(13-10-2)18(5,6)15-19(7,8)20-21-16(3)4/h17H,3,9-15H2,1-2,4-8H3. The first-order valence-electron chi connectivity index (χ1n) is 8.65. The van der Waals surface area contributed by atoms with E-state index in [2.05, 4.69) is 48.1 Å². The van der Waals surface area contributed by atoms with E-state index in [-0.39, 0.29) is 5.60 Å². The molecular formula is C19H38OS. The molecule has 0 aliphatic rings. The van der Waals surface area contributed by atoms with Crippen LogP contribution in [0.2, 0.25) is 0 Å². The number of unbranched alkanes of at least 4 members (excludes halogenated alkanes) is 2. The van der Waals surface area contributed by atoms with Crippen LogP contribution in [0.5, 0.6) is 0 Å². The Hall–Kier alpha value is 0.0500. The number of hydrogen-bond donors (Lipinski definition) is 0. The van der Waals surface area contributed by atoms with Crippen LogP contribution < -0.4 is 0 Å². The molecule has 0 aliphatic heterocycles. The van der Waals surface area contributed by atoms with Gasteiger partial charge in [-0.05, 0) is 44.9 Å². The Labute approximate surface area is 138 Å². The Morgan fingerprint density at radius 2 is 1.67 bits per heavy atom. The van der Waals surface area contributed by atoms with E-state index >= 15 is 0 Å². The van der Waals surface area contributed by atoms with E-state index in [0.29, 0.717) is 5.41 Å². The maximum absolute atomic E-state index is 6.00. The summed E-state index contributed by atoms with van der Waals surface area (Å²) < 4.78 is 6.00. The molecule has 1 atom stereocenters. The lowest BCUT2D eigenvalue weighted by atomic mass is 9.68. The van der Waals surface area contributed by atoms with Crippen LogP contribution in [0.3, 0.4) is 0 Å². The number of allylic oxidation sites excluding steroid dienone is 1. The zero-order chi connectivity index (χ0) is 16.5. The van der Waals surface area contributed by atoms with Gasteiger partial charge in [-0.2, -0.15) is 0 Å². The van der Waals surface area contributed by atoms with Gasteiger partial charge in [0, 0.05) is 16.9 Å². The van der Waals surface area contributed by atoms with Gasteiger partial charge in [-0.1, -0.05) is 66.4 Å². The molecule has 0 N–H and O–H groups in total. The van der Waals surface area contributed by atoms with Gasteiger partial charge >= 0.3 is 0 Å². The highest BCUT2D eigenvalue weighted by atomic mass is 32.2. The Kier molecular flexibility index (Phi) is 9.97. The van der Waals surface area contributed by atoms with Gasteiger partial charge in [0.25, 0.3) is 0 Å². The van der Waals surface area contributed by atoms with Gasteiger partial charge in [-0.15, -0.1) is 0 Å². The lowest BCUT2D eigenvalue weighted by molar-refractivity contribution is 0.0419. The molecule has 0 aliphatic carbocycles. The van der Waals surface area contributed by atoms with Crippen LogP contribution in [0.4, 0.5) is 0 Å². The maximum Gasteiger partial charge on any atom is 0.0782 e. The Morgan fingerprint density at radius 1 is 1.05 bits per heavy atom. The molecule has 0 bridgehead atoms. The lowest BCUT2D eigenvalue weighted by Gasteiger charge is -2.40. The Balaban J connectivity index is 4.65. The van der Waals surface area contributed by atoms with Crippen molar-refractivity contribution in [2.45, 2.75) is 99.0 Å². The molecular weight excluding hydrogens is 276 g/mol. The summed E-state index contributed by atoms with van der Waals surface area (Å²) in [7, 11) is 0. The van der Waals surface area contributed by atoms with E-state index in [4.69, 9.17) is 4.18 Å². The van der Waals surface area contributed by atoms with E-state index < -0.39 is 0 Å². The van der Waals surface area contributed by atoms with E-state index in [1.54, 1.807) is 0 Å². The van der Waals surface area contributed by atoms with Crippen molar-refractivity contribution in [1.82, 2.24) is 0 Å². The molecule has 0 spiro atoms. The fraction of sp³-hybridized carbons (Fsp3) is 0.895. The third-order valence-corrected chi connectivity index (χ3v) is 5.01. The monoisotopic (exact) mass is 314 g/mol. The maximum atomic E-state index is 6.00. The van der Waals surface area contributed by atoms with E-state index in [1.165, 1.54) is 50.6 Å². The van der Waals surface area contributed by atoms with Crippen LogP contribution in [0.25, 0.3) is 0 Å². The van der Waals surface area contributed by atoms with Gasteiger partial charge in [0.1, 0.15) is 0 Å². The Morgan fingerprint density at radius 3 is 2.14 bits per heavy atom. The summed E-state index contributed by atoms with van der Waals surface area (Å²) in [4.78, 5) is 1.02. The van der Waals surface area contributed by atoms with Crippen LogP contribution in [-0.4, -0.2) is 5.60 Å². The van der Waals surface area contributed by atoms with Crippen molar-refractivity contribution in [3.05, 3.63) is 11.5 Å². The van der Waals surface area contributed by atoms with Crippen molar-refractivity contribution in [1.29, 1.82) is 0 Å². The van der Waals surface area contributed by atoms with Crippen molar-refractivity contribution < 1.29 is 4.18 Å². The summed E-state index contributed by atoms with van der Waals surface area (Å²) in [5.74, 6) is 0.798. The van der Waals surface area contributed by atoms with Crippen LogP contribution in [0, 0.1) is 11.3 Å². The normalized spacial score (nSPS) is 14.2. The molecule has 0 fully saturated rings. The van der Waals surface area contributed by atoms with Crippen molar-refractivity contribution in [2.24, 2.45) is 11.3 Å². The van der Waals surface area contributed by atoms with Gasteiger partial charge in [0.05, 0.1) is 5.60 Å². The molecule has 0 amide bonds. The highest BCUT2D eigenvalue weighted by molar-refractivity contribution is 7.98. The predicted molar refractivity (Wildman–Crippen MR) is 98.5 cm³/mol. The molecule has 0 saturated carbocycles. The summed E-state index contributed by atoms with van der Waals surface area (Å²) in [5.41, 5.74) is 0.215. The molecule has 0 heterocycles. The van der Waals surface area contributed by atoms with Crippen LogP contribution in [-0.2, 0) is 4.18 Å². The average molecular weight is 315 g/mol. The quantitative estimate of drug-likeness (QED) is 0.274. The largest absolute Gasteiger partial charge is 0.305 e. The molecule has 0 aromatic rings. The van der Waals surface area contributed by atoms with Crippen LogP contribution >= 0.6 is 12.0 Å². The van der Waals surface area contributed by atoms with Gasteiger partial charge in [-0.25, -0.2) is 0 Å². The zero-order valence-corrected chi connectivity index (χ0v) is 16.4. The van der Waals surface area contributed by atoms with Gasteiger partial charge in [0.2, 0.25) is 0 Å². The summed E-state index contributed by atoms with van der Waals surface area (Å²) in [6.45, 7) is 19.8. The number of rotatable bonds is 12. The summed E-state index contributed by atoms with van der Waals surface area (Å²) in [5, 5.41) is 0. The predicted octanol–water partition coefficient (Wildman–Crippen LogP) is 7.38. The fourth-order valence-electron chi connectivity index (χ4n) is 3.37. The minimum Gasteiger partial charge on any atom is -0.305 e. The van der Waals surface area contributed by atoms with E-state index in [0.717, 1.165) is 17.2 Å². The second-order valence-electron chi connectivity index (χ2n) is 7.78. The molecule has 0 rings (SSSR count). The molecule has 1 nitrogen and oxygen atoms in total. The van der Waals surface area contributed by atoms with Crippen molar-refractivity contribution in [2.75, 3.05) is 0 Å². The molecule has 0 aromatic heterocycles. The van der Waals surface area contributed by atoms with Gasteiger partial charge in [0.15, 0.2) is 0 Å².